The molecule has 0 amide bonds. The summed E-state index contributed by atoms with van der Waals surface area (Å²) in [6.45, 7) is 3.00. The molecule has 1 fully saturated rings. The standard InChI is InChI=1S/C20H29FN6.HI/c1-15-25-26-19(27(15)2)14-23-20(24-17-9-4-3-5-10-17)22-13-12-16-8-6-7-11-18(16)21;/h6-8,11,17H,3-5,9-10,12-14H2,1-2H3,(H2,22,23,24);1H. The van der Waals surface area contributed by atoms with Crippen LogP contribution in [0, 0.1) is 12.7 Å². The van der Waals surface area contributed by atoms with E-state index in [0.717, 1.165) is 30.5 Å². The Bertz CT molecular complexity index is 770. The number of hydrogen-bond acceptors (Lipinski definition) is 3. The zero-order valence-corrected chi connectivity index (χ0v) is 18.9. The van der Waals surface area contributed by atoms with Crippen molar-refractivity contribution >= 4 is 29.9 Å². The molecule has 6 nitrogen and oxygen atoms in total. The van der Waals surface area contributed by atoms with Crippen LogP contribution in [0.25, 0.3) is 0 Å². The number of aliphatic imine (C=N–C) groups is 1. The van der Waals surface area contributed by atoms with Crippen LogP contribution in [-0.4, -0.2) is 33.3 Å². The Labute approximate surface area is 183 Å². The second-order valence-electron chi connectivity index (χ2n) is 7.13. The Kier molecular flexibility index (Phi) is 9.14. The lowest BCUT2D eigenvalue weighted by molar-refractivity contribution is 0.409. The van der Waals surface area contributed by atoms with E-state index < -0.39 is 0 Å². The highest BCUT2D eigenvalue weighted by molar-refractivity contribution is 14.0. The topological polar surface area (TPSA) is 67.1 Å². The maximum absolute atomic E-state index is 13.8. The number of nitrogens with one attached hydrogen (secondary N) is 2. The Morgan fingerprint density at radius 2 is 1.96 bits per heavy atom. The minimum Gasteiger partial charge on any atom is -0.356 e. The van der Waals surface area contributed by atoms with Gasteiger partial charge in [0, 0.05) is 19.6 Å². The second-order valence-corrected chi connectivity index (χ2v) is 7.13. The fraction of sp³-hybridized carbons (Fsp3) is 0.550. The van der Waals surface area contributed by atoms with Gasteiger partial charge in [0.15, 0.2) is 11.8 Å². The summed E-state index contributed by atoms with van der Waals surface area (Å²) >= 11 is 0. The first-order valence-electron chi connectivity index (χ1n) is 9.76. The predicted octanol–water partition coefficient (Wildman–Crippen LogP) is 3.49. The van der Waals surface area contributed by atoms with E-state index in [0.29, 0.717) is 31.1 Å². The SMILES string of the molecule is Cc1nnc(CN=C(NCCc2ccccc2F)NC2CCCCC2)n1C.I. The van der Waals surface area contributed by atoms with Crippen LogP contribution < -0.4 is 10.6 Å². The number of benzene rings is 1. The Morgan fingerprint density at radius 1 is 1.21 bits per heavy atom. The second kappa shape index (κ2) is 11.3. The highest BCUT2D eigenvalue weighted by atomic mass is 127. The molecule has 8 heteroatoms. The van der Waals surface area contributed by atoms with Gasteiger partial charge in [-0.05, 0) is 37.8 Å². The maximum atomic E-state index is 13.8. The molecule has 1 aromatic heterocycles. The van der Waals surface area contributed by atoms with Crippen LogP contribution in [0.5, 0.6) is 0 Å². The summed E-state index contributed by atoms with van der Waals surface area (Å²) in [6, 6.07) is 7.35. The van der Waals surface area contributed by atoms with Gasteiger partial charge >= 0.3 is 0 Å². The molecular weight excluding hydrogens is 470 g/mol. The molecule has 1 heterocycles. The number of nitrogens with zero attached hydrogens (tertiary/aromatic N) is 4. The molecule has 0 atom stereocenters. The third kappa shape index (κ3) is 6.42. The van der Waals surface area contributed by atoms with Crippen LogP contribution in [0.2, 0.25) is 0 Å². The first-order chi connectivity index (χ1) is 13.1. The first-order valence-corrected chi connectivity index (χ1v) is 9.76. The van der Waals surface area contributed by atoms with E-state index in [4.69, 9.17) is 4.99 Å². The van der Waals surface area contributed by atoms with E-state index in [-0.39, 0.29) is 29.8 Å². The monoisotopic (exact) mass is 500 g/mol. The van der Waals surface area contributed by atoms with Gasteiger partial charge in [0.1, 0.15) is 18.2 Å². The van der Waals surface area contributed by atoms with Gasteiger partial charge in [0.05, 0.1) is 0 Å². The molecule has 1 aromatic carbocycles. The third-order valence-electron chi connectivity index (χ3n) is 5.15. The van der Waals surface area contributed by atoms with E-state index in [1.807, 2.05) is 30.7 Å². The summed E-state index contributed by atoms with van der Waals surface area (Å²) in [4.78, 5) is 4.69. The molecule has 28 heavy (non-hydrogen) atoms. The molecule has 0 unspecified atom stereocenters. The number of guanidine groups is 1. The maximum Gasteiger partial charge on any atom is 0.191 e. The Hall–Kier alpha value is -1.71. The van der Waals surface area contributed by atoms with Gasteiger partial charge in [-0.25, -0.2) is 9.38 Å². The lowest BCUT2D eigenvalue weighted by Gasteiger charge is -2.25. The van der Waals surface area contributed by atoms with Gasteiger partial charge in [-0.1, -0.05) is 37.5 Å². The molecule has 154 valence electrons. The molecule has 1 aliphatic rings. The molecule has 3 rings (SSSR count). The normalized spacial score (nSPS) is 15.2. The molecule has 1 saturated carbocycles. The van der Waals surface area contributed by atoms with E-state index in [9.17, 15) is 4.39 Å². The average Bonchev–Trinajstić information content (AvgIpc) is 3.00. The lowest BCUT2D eigenvalue weighted by Crippen LogP contribution is -2.45. The van der Waals surface area contributed by atoms with Crippen molar-refractivity contribution in [2.24, 2.45) is 12.0 Å². The van der Waals surface area contributed by atoms with Crippen LogP contribution in [0.1, 0.15) is 49.3 Å². The molecule has 1 aliphatic carbocycles. The first kappa shape index (κ1) is 22.6. The minimum atomic E-state index is -0.160. The van der Waals surface area contributed by atoms with E-state index in [1.165, 1.54) is 25.3 Å². The van der Waals surface area contributed by atoms with Crippen LogP contribution >= 0.6 is 24.0 Å². The molecule has 0 radical (unpaired) electrons. The molecule has 0 saturated heterocycles. The third-order valence-corrected chi connectivity index (χ3v) is 5.15. The molecule has 0 aliphatic heterocycles. The Morgan fingerprint density at radius 3 is 2.64 bits per heavy atom. The van der Waals surface area contributed by atoms with Crippen molar-refractivity contribution in [3.8, 4) is 0 Å². The van der Waals surface area contributed by atoms with Crippen LogP contribution in [-0.2, 0) is 20.0 Å². The van der Waals surface area contributed by atoms with Gasteiger partial charge in [-0.3, -0.25) is 0 Å². The summed E-state index contributed by atoms with van der Waals surface area (Å²) in [5, 5.41) is 15.2. The smallest absolute Gasteiger partial charge is 0.191 e. The lowest BCUT2D eigenvalue weighted by atomic mass is 9.96. The van der Waals surface area contributed by atoms with Crippen molar-refractivity contribution in [2.45, 2.75) is 58.0 Å². The van der Waals surface area contributed by atoms with E-state index >= 15 is 0 Å². The van der Waals surface area contributed by atoms with Crippen LogP contribution in [0.4, 0.5) is 4.39 Å². The van der Waals surface area contributed by atoms with Gasteiger partial charge in [-0.15, -0.1) is 34.2 Å². The van der Waals surface area contributed by atoms with Crippen molar-refractivity contribution in [2.75, 3.05) is 6.54 Å². The van der Waals surface area contributed by atoms with E-state index in [2.05, 4.69) is 20.8 Å². The summed E-state index contributed by atoms with van der Waals surface area (Å²) in [6.07, 6.45) is 6.75. The van der Waals surface area contributed by atoms with Crippen molar-refractivity contribution < 1.29 is 4.39 Å². The number of halogens is 2. The average molecular weight is 500 g/mol. The van der Waals surface area contributed by atoms with Crippen LogP contribution in [0.15, 0.2) is 29.3 Å². The predicted molar refractivity (Wildman–Crippen MR) is 120 cm³/mol. The Balaban J connectivity index is 0.00000280. The molecule has 2 N–H and O–H groups in total. The van der Waals surface area contributed by atoms with Gasteiger partial charge in [0.25, 0.3) is 0 Å². The summed E-state index contributed by atoms with van der Waals surface area (Å²) in [7, 11) is 1.94. The fourth-order valence-electron chi connectivity index (χ4n) is 3.35. The fourth-order valence-corrected chi connectivity index (χ4v) is 3.35. The van der Waals surface area contributed by atoms with E-state index in [1.54, 1.807) is 6.07 Å². The number of aromatic nitrogens is 3. The number of hydrogen-bond donors (Lipinski definition) is 2. The zero-order chi connectivity index (χ0) is 19.1. The van der Waals surface area contributed by atoms with Crippen molar-refractivity contribution in [3.05, 3.63) is 47.3 Å². The highest BCUT2D eigenvalue weighted by Crippen LogP contribution is 2.17. The quantitative estimate of drug-likeness (QED) is 0.362. The highest BCUT2D eigenvalue weighted by Gasteiger charge is 2.15. The largest absolute Gasteiger partial charge is 0.356 e. The molecular formula is C20H30FIN6. The van der Waals surface area contributed by atoms with Gasteiger partial charge in [-0.2, -0.15) is 0 Å². The molecule has 0 spiro atoms. The number of aryl methyl sites for hydroxylation is 1. The zero-order valence-electron chi connectivity index (χ0n) is 16.6. The summed E-state index contributed by atoms with van der Waals surface area (Å²) < 4.78 is 15.8. The number of rotatable bonds is 6. The molecule has 2 aromatic rings. The van der Waals surface area contributed by atoms with Crippen LogP contribution in [0.3, 0.4) is 0 Å². The summed E-state index contributed by atoms with van der Waals surface area (Å²) in [5.41, 5.74) is 0.714. The minimum absolute atomic E-state index is 0. The van der Waals surface area contributed by atoms with Gasteiger partial charge in [0.2, 0.25) is 0 Å². The van der Waals surface area contributed by atoms with Crippen molar-refractivity contribution in [3.63, 3.8) is 0 Å². The van der Waals surface area contributed by atoms with Crippen molar-refractivity contribution in [1.29, 1.82) is 0 Å². The van der Waals surface area contributed by atoms with Crippen molar-refractivity contribution in [1.82, 2.24) is 25.4 Å². The van der Waals surface area contributed by atoms with Gasteiger partial charge < -0.3 is 15.2 Å². The molecule has 0 bridgehead atoms. The summed E-state index contributed by atoms with van der Waals surface area (Å²) in [5.74, 6) is 2.30.